The highest BCUT2D eigenvalue weighted by atomic mass is 19.1. The lowest BCUT2D eigenvalue weighted by molar-refractivity contribution is -0.147. The molecule has 0 aliphatic rings. The lowest BCUT2D eigenvalue weighted by Gasteiger charge is -2.25. The molecule has 0 heterocycles. The molecule has 1 atom stereocenters. The van der Waals surface area contributed by atoms with Gasteiger partial charge in [-0.3, -0.25) is 10.1 Å². The number of hydrogen-bond donors (Lipinski definition) is 2. The van der Waals surface area contributed by atoms with E-state index in [1.165, 1.54) is 13.2 Å². The maximum atomic E-state index is 13.4. The minimum Gasteiger partial charge on any atom is -0.468 e. The van der Waals surface area contributed by atoms with Crippen LogP contribution in [-0.4, -0.2) is 30.3 Å². The molecule has 0 saturated heterocycles. The first-order valence-electron chi connectivity index (χ1n) is 5.75. The SMILES string of the molecule is COC(=O)C(C)(C)NCC(O)c1c(F)cccc1F. The van der Waals surface area contributed by atoms with Gasteiger partial charge in [0.15, 0.2) is 0 Å². The zero-order valence-electron chi connectivity index (χ0n) is 11.0. The molecular weight excluding hydrogens is 256 g/mol. The Labute approximate surface area is 110 Å². The molecule has 1 aromatic carbocycles. The molecule has 0 spiro atoms. The number of hydrogen-bond acceptors (Lipinski definition) is 4. The number of aliphatic hydroxyl groups is 1. The maximum absolute atomic E-state index is 13.4. The molecule has 4 nitrogen and oxygen atoms in total. The highest BCUT2D eigenvalue weighted by molar-refractivity contribution is 5.79. The Morgan fingerprint density at radius 1 is 1.42 bits per heavy atom. The van der Waals surface area contributed by atoms with Crippen LogP contribution in [0.15, 0.2) is 18.2 Å². The minimum atomic E-state index is -1.40. The number of rotatable bonds is 5. The summed E-state index contributed by atoms with van der Waals surface area (Å²) in [5.74, 6) is -2.19. The zero-order valence-corrected chi connectivity index (χ0v) is 11.0. The van der Waals surface area contributed by atoms with E-state index in [1.54, 1.807) is 13.8 Å². The average Bonchev–Trinajstić information content (AvgIpc) is 2.35. The van der Waals surface area contributed by atoms with E-state index in [-0.39, 0.29) is 6.54 Å². The molecule has 0 radical (unpaired) electrons. The van der Waals surface area contributed by atoms with Crippen molar-refractivity contribution >= 4 is 5.97 Å². The summed E-state index contributed by atoms with van der Waals surface area (Å²) in [5, 5.41) is 12.5. The predicted octanol–water partition coefficient (Wildman–Crippen LogP) is 1.54. The number of ether oxygens (including phenoxy) is 1. The fourth-order valence-electron chi connectivity index (χ4n) is 1.61. The number of carbonyl (C=O) groups excluding carboxylic acids is 1. The summed E-state index contributed by atoms with van der Waals surface area (Å²) in [5.41, 5.74) is -1.48. The van der Waals surface area contributed by atoms with E-state index < -0.39 is 34.8 Å². The van der Waals surface area contributed by atoms with Gasteiger partial charge in [0.1, 0.15) is 17.2 Å². The van der Waals surface area contributed by atoms with Gasteiger partial charge in [-0.15, -0.1) is 0 Å². The molecule has 0 amide bonds. The Kier molecular flexibility index (Phi) is 4.97. The van der Waals surface area contributed by atoms with Crippen molar-refractivity contribution < 1.29 is 23.4 Å². The van der Waals surface area contributed by atoms with Crippen molar-refractivity contribution in [1.82, 2.24) is 5.32 Å². The predicted molar refractivity (Wildman–Crippen MR) is 65.4 cm³/mol. The van der Waals surface area contributed by atoms with Gasteiger partial charge in [0.2, 0.25) is 0 Å². The van der Waals surface area contributed by atoms with Gasteiger partial charge in [-0.1, -0.05) is 6.07 Å². The normalized spacial score (nSPS) is 13.2. The smallest absolute Gasteiger partial charge is 0.325 e. The second-order valence-corrected chi connectivity index (χ2v) is 4.65. The Bertz CT molecular complexity index is 443. The summed E-state index contributed by atoms with van der Waals surface area (Å²) in [6.45, 7) is 2.91. The Balaban J connectivity index is 2.76. The molecule has 0 fully saturated rings. The van der Waals surface area contributed by atoms with Crippen LogP contribution in [0.1, 0.15) is 25.5 Å². The molecule has 0 aromatic heterocycles. The molecule has 19 heavy (non-hydrogen) atoms. The van der Waals surface area contributed by atoms with Crippen molar-refractivity contribution in [3.8, 4) is 0 Å². The average molecular weight is 273 g/mol. The highest BCUT2D eigenvalue weighted by Crippen LogP contribution is 2.20. The van der Waals surface area contributed by atoms with Crippen LogP contribution < -0.4 is 5.32 Å². The van der Waals surface area contributed by atoms with Crippen molar-refractivity contribution in [2.75, 3.05) is 13.7 Å². The molecule has 0 aliphatic carbocycles. The van der Waals surface area contributed by atoms with Crippen LogP contribution in [0.5, 0.6) is 0 Å². The second kappa shape index (κ2) is 6.08. The molecule has 1 unspecified atom stereocenters. The third-order valence-electron chi connectivity index (χ3n) is 2.77. The Morgan fingerprint density at radius 3 is 2.42 bits per heavy atom. The number of aliphatic hydroxyl groups excluding tert-OH is 1. The monoisotopic (exact) mass is 273 g/mol. The quantitative estimate of drug-likeness (QED) is 0.799. The van der Waals surface area contributed by atoms with Gasteiger partial charge in [0.05, 0.1) is 18.8 Å². The van der Waals surface area contributed by atoms with Crippen molar-refractivity contribution in [2.45, 2.75) is 25.5 Å². The number of β-amino-alcohol motifs (C(OH)–C–C–N with tert-alkyl or cyclic N) is 1. The summed E-state index contributed by atoms with van der Waals surface area (Å²) in [6.07, 6.45) is -1.40. The molecule has 6 heteroatoms. The van der Waals surface area contributed by atoms with Crippen LogP contribution in [-0.2, 0) is 9.53 Å². The van der Waals surface area contributed by atoms with Crippen molar-refractivity contribution in [2.24, 2.45) is 0 Å². The Morgan fingerprint density at radius 2 is 1.95 bits per heavy atom. The van der Waals surface area contributed by atoms with Crippen LogP contribution in [0.4, 0.5) is 8.78 Å². The number of benzene rings is 1. The standard InChI is InChI=1S/C13H17F2NO3/c1-13(2,12(18)19-3)16-7-10(17)11-8(14)5-4-6-9(11)15/h4-6,10,16-17H,7H2,1-3H3. The van der Waals surface area contributed by atoms with Crippen LogP contribution in [0.25, 0.3) is 0 Å². The molecule has 0 aliphatic heterocycles. The summed E-state index contributed by atoms with van der Waals surface area (Å²) >= 11 is 0. The molecule has 0 saturated carbocycles. The van der Waals surface area contributed by atoms with E-state index in [0.29, 0.717) is 0 Å². The third-order valence-corrected chi connectivity index (χ3v) is 2.77. The minimum absolute atomic E-state index is 0.181. The molecule has 2 N–H and O–H groups in total. The lowest BCUT2D eigenvalue weighted by atomic mass is 10.0. The number of esters is 1. The topological polar surface area (TPSA) is 58.6 Å². The van der Waals surface area contributed by atoms with Gasteiger partial charge >= 0.3 is 5.97 Å². The summed E-state index contributed by atoms with van der Waals surface area (Å²) in [4.78, 5) is 11.4. The largest absolute Gasteiger partial charge is 0.468 e. The zero-order chi connectivity index (χ0) is 14.6. The third kappa shape index (κ3) is 3.71. The summed E-state index contributed by atoms with van der Waals surface area (Å²) < 4.78 is 31.4. The fraction of sp³-hybridized carbons (Fsp3) is 0.462. The van der Waals surface area contributed by atoms with Gasteiger partial charge in [-0.05, 0) is 26.0 Å². The van der Waals surface area contributed by atoms with Crippen LogP contribution in [0.3, 0.4) is 0 Å². The van der Waals surface area contributed by atoms with Gasteiger partial charge in [-0.2, -0.15) is 0 Å². The van der Waals surface area contributed by atoms with Gasteiger partial charge in [0, 0.05) is 6.54 Å². The molecule has 1 aromatic rings. The molecule has 0 bridgehead atoms. The van der Waals surface area contributed by atoms with Crippen molar-refractivity contribution in [1.29, 1.82) is 0 Å². The first-order chi connectivity index (χ1) is 8.79. The van der Waals surface area contributed by atoms with E-state index in [2.05, 4.69) is 10.1 Å². The maximum Gasteiger partial charge on any atom is 0.325 e. The van der Waals surface area contributed by atoms with Crippen molar-refractivity contribution in [3.63, 3.8) is 0 Å². The first kappa shape index (κ1) is 15.5. The molecule has 106 valence electrons. The number of methoxy groups -OCH3 is 1. The summed E-state index contributed by atoms with van der Waals surface area (Å²) in [6, 6.07) is 3.34. The van der Waals surface area contributed by atoms with Crippen LogP contribution in [0, 0.1) is 11.6 Å². The van der Waals surface area contributed by atoms with E-state index in [0.717, 1.165) is 12.1 Å². The van der Waals surface area contributed by atoms with E-state index >= 15 is 0 Å². The number of carbonyl (C=O) groups is 1. The first-order valence-corrected chi connectivity index (χ1v) is 5.75. The van der Waals surface area contributed by atoms with E-state index in [9.17, 15) is 18.7 Å². The van der Waals surface area contributed by atoms with Crippen LogP contribution >= 0.6 is 0 Å². The van der Waals surface area contributed by atoms with Gasteiger partial charge in [0.25, 0.3) is 0 Å². The van der Waals surface area contributed by atoms with Gasteiger partial charge in [-0.25, -0.2) is 8.78 Å². The molecular formula is C13H17F2NO3. The summed E-state index contributed by atoms with van der Waals surface area (Å²) in [7, 11) is 1.23. The Hall–Kier alpha value is -1.53. The highest BCUT2D eigenvalue weighted by Gasteiger charge is 2.29. The molecule has 1 rings (SSSR count). The lowest BCUT2D eigenvalue weighted by Crippen LogP contribution is -2.49. The van der Waals surface area contributed by atoms with E-state index in [1.807, 2.05) is 0 Å². The number of nitrogens with one attached hydrogen (secondary N) is 1. The second-order valence-electron chi connectivity index (χ2n) is 4.65. The van der Waals surface area contributed by atoms with Crippen LogP contribution in [0.2, 0.25) is 0 Å². The fourth-order valence-corrected chi connectivity index (χ4v) is 1.61. The number of halogens is 2. The van der Waals surface area contributed by atoms with E-state index in [4.69, 9.17) is 0 Å². The van der Waals surface area contributed by atoms with Gasteiger partial charge < -0.3 is 9.84 Å². The van der Waals surface area contributed by atoms with Crippen molar-refractivity contribution in [3.05, 3.63) is 35.4 Å².